The largest absolute Gasteiger partial charge is 0.418 e. The molecule has 0 aromatic heterocycles. The van der Waals surface area contributed by atoms with E-state index in [0.29, 0.717) is 0 Å². The fourth-order valence-corrected chi connectivity index (χ4v) is 1.74. The van der Waals surface area contributed by atoms with Crippen molar-refractivity contribution in [3.05, 3.63) is 29.1 Å². The van der Waals surface area contributed by atoms with Crippen LogP contribution in [0.3, 0.4) is 0 Å². The highest BCUT2D eigenvalue weighted by atomic mass is 32.2. The molecule has 8 heteroatoms. The molecule has 0 radical (unpaired) electrons. The Hall–Kier alpha value is -1.75. The van der Waals surface area contributed by atoms with Crippen molar-refractivity contribution < 1.29 is 17.6 Å². The molecule has 0 aliphatic rings. The molecule has 1 rings (SSSR count). The number of halogens is 4. The van der Waals surface area contributed by atoms with Crippen LogP contribution in [0.1, 0.15) is 11.1 Å². The predicted octanol–water partition coefficient (Wildman–Crippen LogP) is 3.57. The molecule has 0 fully saturated rings. The van der Waals surface area contributed by atoms with Crippen LogP contribution in [-0.4, -0.2) is 11.4 Å². The van der Waals surface area contributed by atoms with E-state index in [4.69, 9.17) is 5.26 Å². The van der Waals surface area contributed by atoms with Crippen LogP contribution in [0.2, 0.25) is 0 Å². The van der Waals surface area contributed by atoms with E-state index < -0.39 is 28.8 Å². The lowest BCUT2D eigenvalue weighted by Gasteiger charge is -2.14. The lowest BCUT2D eigenvalue weighted by molar-refractivity contribution is -0.137. The third-order valence-electron chi connectivity index (χ3n) is 2.24. The SMILES string of the molecule is CSC(=Nc1ccc(F)c(C)c1C(F)(F)F)NC#N. The van der Waals surface area contributed by atoms with Crippen molar-refractivity contribution in [2.75, 3.05) is 6.26 Å². The van der Waals surface area contributed by atoms with Crippen LogP contribution in [0, 0.1) is 24.2 Å². The first-order valence-corrected chi connectivity index (χ1v) is 6.17. The molecule has 1 aromatic rings. The highest BCUT2D eigenvalue weighted by molar-refractivity contribution is 8.13. The number of hydrogen-bond donors (Lipinski definition) is 1. The van der Waals surface area contributed by atoms with Gasteiger partial charge in [-0.3, -0.25) is 5.32 Å². The third kappa shape index (κ3) is 3.61. The number of nitriles is 1. The highest BCUT2D eigenvalue weighted by Gasteiger charge is 2.36. The van der Waals surface area contributed by atoms with E-state index in [2.05, 4.69) is 10.3 Å². The Labute approximate surface area is 111 Å². The van der Waals surface area contributed by atoms with Crippen molar-refractivity contribution in [1.29, 1.82) is 5.26 Å². The standard InChI is InChI=1S/C11H9F4N3S/c1-6-7(12)3-4-8(9(6)11(13,14)15)18-10(19-2)17-5-16/h3-4H,1-2H3,(H,17,18). The van der Waals surface area contributed by atoms with Crippen molar-refractivity contribution >= 4 is 22.6 Å². The molecule has 0 bridgehead atoms. The molecule has 0 aliphatic heterocycles. The Kier molecular flexibility index (Phi) is 4.78. The van der Waals surface area contributed by atoms with Crippen molar-refractivity contribution in [3.63, 3.8) is 0 Å². The van der Waals surface area contributed by atoms with Crippen molar-refractivity contribution in [2.45, 2.75) is 13.1 Å². The molecular weight excluding hydrogens is 282 g/mol. The van der Waals surface area contributed by atoms with Gasteiger partial charge >= 0.3 is 6.18 Å². The van der Waals surface area contributed by atoms with Gasteiger partial charge in [-0.1, -0.05) is 11.8 Å². The number of amidine groups is 1. The minimum absolute atomic E-state index is 0.000918. The summed E-state index contributed by atoms with van der Waals surface area (Å²) in [5, 5.41) is 10.6. The number of aliphatic imine (C=N–C) groups is 1. The van der Waals surface area contributed by atoms with E-state index in [1.165, 1.54) is 0 Å². The van der Waals surface area contributed by atoms with Gasteiger partial charge in [-0.2, -0.15) is 18.4 Å². The second-order valence-electron chi connectivity index (χ2n) is 3.42. The van der Waals surface area contributed by atoms with E-state index in [1.807, 2.05) is 0 Å². The first-order chi connectivity index (χ1) is 8.81. The molecule has 0 saturated carbocycles. The molecule has 3 nitrogen and oxygen atoms in total. The Morgan fingerprint density at radius 3 is 2.53 bits per heavy atom. The van der Waals surface area contributed by atoms with Gasteiger partial charge in [-0.05, 0) is 30.9 Å². The van der Waals surface area contributed by atoms with Crippen LogP contribution in [0.15, 0.2) is 17.1 Å². The summed E-state index contributed by atoms with van der Waals surface area (Å²) in [6, 6.07) is 1.84. The van der Waals surface area contributed by atoms with Crippen LogP contribution in [0.5, 0.6) is 0 Å². The number of alkyl halides is 3. The lowest BCUT2D eigenvalue weighted by Crippen LogP contribution is -2.14. The first-order valence-electron chi connectivity index (χ1n) is 4.95. The smallest absolute Gasteiger partial charge is 0.271 e. The van der Waals surface area contributed by atoms with E-state index in [9.17, 15) is 17.6 Å². The van der Waals surface area contributed by atoms with Gasteiger partial charge in [0.1, 0.15) is 5.82 Å². The number of nitrogens with zero attached hydrogens (tertiary/aromatic N) is 2. The van der Waals surface area contributed by atoms with Crippen LogP contribution in [0.25, 0.3) is 0 Å². The zero-order valence-corrected chi connectivity index (χ0v) is 10.8. The minimum atomic E-state index is -4.72. The van der Waals surface area contributed by atoms with Crippen LogP contribution in [-0.2, 0) is 6.18 Å². The Morgan fingerprint density at radius 2 is 2.05 bits per heavy atom. The molecule has 1 N–H and O–H groups in total. The minimum Gasteiger partial charge on any atom is -0.271 e. The van der Waals surface area contributed by atoms with Crippen molar-refractivity contribution in [2.24, 2.45) is 4.99 Å². The molecule has 0 spiro atoms. The molecule has 0 unspecified atom stereocenters. The summed E-state index contributed by atoms with van der Waals surface area (Å²) < 4.78 is 51.9. The maximum Gasteiger partial charge on any atom is 0.418 e. The van der Waals surface area contributed by atoms with E-state index in [-0.39, 0.29) is 5.17 Å². The Bertz CT molecular complexity index is 546. The summed E-state index contributed by atoms with van der Waals surface area (Å²) in [7, 11) is 0. The highest BCUT2D eigenvalue weighted by Crippen LogP contribution is 2.39. The molecule has 0 heterocycles. The zero-order chi connectivity index (χ0) is 14.6. The summed E-state index contributed by atoms with van der Waals surface area (Å²) in [5.74, 6) is -0.954. The topological polar surface area (TPSA) is 48.2 Å². The van der Waals surface area contributed by atoms with Crippen LogP contribution in [0.4, 0.5) is 23.2 Å². The van der Waals surface area contributed by atoms with E-state index in [1.54, 1.807) is 12.4 Å². The Balaban J connectivity index is 3.45. The lowest BCUT2D eigenvalue weighted by atomic mass is 10.1. The quantitative estimate of drug-likeness (QED) is 0.283. The fourth-order valence-electron chi connectivity index (χ4n) is 1.40. The normalized spacial score (nSPS) is 12.2. The van der Waals surface area contributed by atoms with Crippen LogP contribution >= 0.6 is 11.8 Å². The summed E-state index contributed by atoms with van der Waals surface area (Å²) in [6.45, 7) is 1.04. The van der Waals surface area contributed by atoms with Crippen molar-refractivity contribution in [3.8, 4) is 6.19 Å². The molecule has 19 heavy (non-hydrogen) atoms. The fraction of sp³-hybridized carbons (Fsp3) is 0.273. The average molecular weight is 291 g/mol. The second-order valence-corrected chi connectivity index (χ2v) is 4.22. The Morgan fingerprint density at radius 1 is 1.42 bits per heavy atom. The predicted molar refractivity (Wildman–Crippen MR) is 65.5 cm³/mol. The summed E-state index contributed by atoms with van der Waals surface area (Å²) in [6.07, 6.45) is -1.61. The average Bonchev–Trinajstić information content (AvgIpc) is 2.31. The molecule has 0 aliphatic carbocycles. The third-order valence-corrected chi connectivity index (χ3v) is 2.82. The molecule has 0 atom stereocenters. The van der Waals surface area contributed by atoms with Gasteiger partial charge in [-0.15, -0.1) is 0 Å². The molecule has 1 aromatic carbocycles. The number of rotatable bonds is 1. The van der Waals surface area contributed by atoms with Gasteiger partial charge in [0.05, 0.1) is 11.3 Å². The van der Waals surface area contributed by atoms with Crippen LogP contribution < -0.4 is 5.32 Å². The summed E-state index contributed by atoms with van der Waals surface area (Å²) >= 11 is 0.974. The molecule has 0 amide bonds. The van der Waals surface area contributed by atoms with Gasteiger partial charge < -0.3 is 0 Å². The second kappa shape index (κ2) is 5.93. The summed E-state index contributed by atoms with van der Waals surface area (Å²) in [4.78, 5) is 3.69. The number of thioether (sulfide) groups is 1. The molecular formula is C11H9F4N3S. The van der Waals surface area contributed by atoms with Gasteiger partial charge in [0.2, 0.25) is 0 Å². The molecule has 0 saturated heterocycles. The summed E-state index contributed by atoms with van der Waals surface area (Å²) in [5.41, 5.74) is -2.09. The first kappa shape index (κ1) is 15.3. The van der Waals surface area contributed by atoms with Gasteiger partial charge in [0, 0.05) is 0 Å². The van der Waals surface area contributed by atoms with E-state index >= 15 is 0 Å². The molecule has 102 valence electrons. The maximum absolute atomic E-state index is 13.2. The number of nitrogens with one attached hydrogen (secondary N) is 1. The van der Waals surface area contributed by atoms with Gasteiger partial charge in [-0.25, -0.2) is 9.38 Å². The van der Waals surface area contributed by atoms with Crippen molar-refractivity contribution in [1.82, 2.24) is 5.32 Å². The maximum atomic E-state index is 13.2. The monoisotopic (exact) mass is 291 g/mol. The van der Waals surface area contributed by atoms with Gasteiger partial charge in [0.25, 0.3) is 0 Å². The number of hydrogen-bond acceptors (Lipinski definition) is 3. The van der Waals surface area contributed by atoms with Gasteiger partial charge in [0.15, 0.2) is 11.4 Å². The van der Waals surface area contributed by atoms with E-state index in [0.717, 1.165) is 30.8 Å². The zero-order valence-electron chi connectivity index (χ0n) is 9.97. The number of benzene rings is 1.